The zero-order valence-corrected chi connectivity index (χ0v) is 9.66. The van der Waals surface area contributed by atoms with Crippen LogP contribution in [-0.4, -0.2) is 0 Å². The summed E-state index contributed by atoms with van der Waals surface area (Å²) in [6, 6.07) is 18.4. The summed E-state index contributed by atoms with van der Waals surface area (Å²) in [5.74, 6) is 0. The Balaban J connectivity index is 2.01. The highest BCUT2D eigenvalue weighted by Crippen LogP contribution is 2.08. The smallest absolute Gasteiger partial charge is 0.191 e. The molecule has 1 aromatic carbocycles. The highest BCUT2D eigenvalue weighted by molar-refractivity contribution is 5.14. The monoisotopic (exact) mass is 223 g/mol. The number of nitrogens with zero attached hydrogens (tertiary/aromatic N) is 2. The van der Waals surface area contributed by atoms with E-state index in [0.29, 0.717) is 0 Å². The number of pyridine rings is 1. The maximum atomic E-state index is 9.19. The van der Waals surface area contributed by atoms with E-state index in [1.54, 1.807) is 0 Å². The van der Waals surface area contributed by atoms with Gasteiger partial charge >= 0.3 is 0 Å². The number of hydrogen-bond acceptors (Lipinski definition) is 1. The molecule has 0 spiro atoms. The predicted molar refractivity (Wildman–Crippen MR) is 66.1 cm³/mol. The molecule has 0 bridgehead atoms. The van der Waals surface area contributed by atoms with Gasteiger partial charge in [0.15, 0.2) is 12.4 Å². The fraction of sp³-hybridized carbons (Fsp3) is 0.200. The van der Waals surface area contributed by atoms with E-state index < -0.39 is 0 Å². The molecule has 0 fully saturated rings. The molecule has 1 atom stereocenters. The highest BCUT2D eigenvalue weighted by Gasteiger charge is 2.16. The van der Waals surface area contributed by atoms with Gasteiger partial charge in [-0.15, -0.1) is 0 Å². The van der Waals surface area contributed by atoms with E-state index in [1.165, 1.54) is 5.56 Å². The lowest BCUT2D eigenvalue weighted by atomic mass is 10.1. The molecule has 0 saturated carbocycles. The first-order valence-corrected chi connectivity index (χ1v) is 5.79. The number of aromatic nitrogens is 1. The van der Waals surface area contributed by atoms with Crippen LogP contribution in [0.25, 0.3) is 0 Å². The third-order valence-electron chi connectivity index (χ3n) is 2.80. The fourth-order valence-corrected chi connectivity index (χ4v) is 1.85. The zero-order chi connectivity index (χ0) is 11.9. The highest BCUT2D eigenvalue weighted by atomic mass is 15.0. The minimum absolute atomic E-state index is 0.0867. The van der Waals surface area contributed by atoms with Gasteiger partial charge in [0, 0.05) is 18.6 Å². The first-order chi connectivity index (χ1) is 8.40. The maximum absolute atomic E-state index is 9.19. The molecule has 0 unspecified atom stereocenters. The molecule has 1 aromatic heterocycles. The molecular formula is C15H15N2+. The van der Waals surface area contributed by atoms with Gasteiger partial charge in [0.25, 0.3) is 0 Å². The average Bonchev–Trinajstić information content (AvgIpc) is 2.42. The lowest BCUT2D eigenvalue weighted by Gasteiger charge is -2.04. The third-order valence-corrected chi connectivity index (χ3v) is 2.80. The van der Waals surface area contributed by atoms with E-state index in [2.05, 4.69) is 18.2 Å². The Morgan fingerprint density at radius 3 is 2.29 bits per heavy atom. The van der Waals surface area contributed by atoms with Gasteiger partial charge in [-0.2, -0.15) is 9.83 Å². The normalized spacial score (nSPS) is 11.7. The maximum Gasteiger partial charge on any atom is 0.243 e. The number of benzene rings is 1. The van der Waals surface area contributed by atoms with Gasteiger partial charge in [0.1, 0.15) is 6.07 Å². The van der Waals surface area contributed by atoms with Gasteiger partial charge < -0.3 is 0 Å². The van der Waals surface area contributed by atoms with Crippen LogP contribution in [0, 0.1) is 11.3 Å². The average molecular weight is 223 g/mol. The molecule has 2 nitrogen and oxygen atoms in total. The van der Waals surface area contributed by atoms with Crippen LogP contribution in [-0.2, 0) is 6.42 Å². The number of hydrogen-bond donors (Lipinski definition) is 0. The molecule has 2 aromatic rings. The van der Waals surface area contributed by atoms with Gasteiger partial charge in [0.05, 0.1) is 0 Å². The van der Waals surface area contributed by atoms with E-state index in [4.69, 9.17) is 0 Å². The molecule has 0 aliphatic carbocycles. The van der Waals surface area contributed by atoms with Crippen molar-refractivity contribution in [1.29, 1.82) is 5.26 Å². The van der Waals surface area contributed by atoms with Crippen molar-refractivity contribution in [3.63, 3.8) is 0 Å². The summed E-state index contributed by atoms with van der Waals surface area (Å²) in [6.45, 7) is 0. The Morgan fingerprint density at radius 1 is 1.00 bits per heavy atom. The Labute approximate surface area is 102 Å². The summed E-state index contributed by atoms with van der Waals surface area (Å²) in [5, 5.41) is 9.19. The van der Waals surface area contributed by atoms with Crippen LogP contribution in [0.1, 0.15) is 18.0 Å². The Kier molecular flexibility index (Phi) is 3.88. The molecule has 0 aliphatic rings. The van der Waals surface area contributed by atoms with E-state index in [0.717, 1.165) is 12.8 Å². The van der Waals surface area contributed by atoms with Crippen LogP contribution in [0.4, 0.5) is 0 Å². The van der Waals surface area contributed by atoms with Crippen molar-refractivity contribution in [2.24, 2.45) is 0 Å². The summed E-state index contributed by atoms with van der Waals surface area (Å²) < 4.78 is 1.96. The Bertz CT molecular complexity index is 485. The van der Waals surface area contributed by atoms with Gasteiger partial charge in [0.2, 0.25) is 6.04 Å². The van der Waals surface area contributed by atoms with Gasteiger partial charge in [-0.1, -0.05) is 36.4 Å². The number of aryl methyl sites for hydroxylation is 1. The molecule has 2 heteroatoms. The molecular weight excluding hydrogens is 208 g/mol. The second-order valence-corrected chi connectivity index (χ2v) is 3.99. The van der Waals surface area contributed by atoms with E-state index >= 15 is 0 Å². The topological polar surface area (TPSA) is 27.7 Å². The first kappa shape index (κ1) is 11.3. The second kappa shape index (κ2) is 5.81. The second-order valence-electron chi connectivity index (χ2n) is 3.99. The van der Waals surface area contributed by atoms with Crippen molar-refractivity contribution in [2.75, 3.05) is 0 Å². The van der Waals surface area contributed by atoms with E-state index in [1.807, 2.05) is 53.4 Å². The molecule has 17 heavy (non-hydrogen) atoms. The van der Waals surface area contributed by atoms with Crippen molar-refractivity contribution >= 4 is 0 Å². The van der Waals surface area contributed by atoms with Crippen molar-refractivity contribution in [3.8, 4) is 6.07 Å². The zero-order valence-electron chi connectivity index (χ0n) is 9.66. The van der Waals surface area contributed by atoms with Crippen molar-refractivity contribution in [3.05, 3.63) is 66.5 Å². The first-order valence-electron chi connectivity index (χ1n) is 5.79. The molecule has 84 valence electrons. The minimum atomic E-state index is -0.0867. The lowest BCUT2D eigenvalue weighted by Crippen LogP contribution is -2.37. The molecule has 0 amide bonds. The van der Waals surface area contributed by atoms with Crippen LogP contribution in [0.3, 0.4) is 0 Å². The Hall–Kier alpha value is -2.14. The molecule has 0 radical (unpaired) electrons. The van der Waals surface area contributed by atoms with Gasteiger partial charge in [-0.05, 0) is 12.0 Å². The van der Waals surface area contributed by atoms with Crippen LogP contribution in [0.5, 0.6) is 0 Å². The standard InChI is InChI=1S/C15H15N2/c16-13-15(17-11-5-2-6-12-17)10-9-14-7-3-1-4-8-14/h1-8,11-12,15H,9-10H2/q+1/t15-/m1/s1. The molecule has 0 aliphatic heterocycles. The van der Waals surface area contributed by atoms with Crippen molar-refractivity contribution in [1.82, 2.24) is 0 Å². The van der Waals surface area contributed by atoms with Gasteiger partial charge in [-0.25, -0.2) is 0 Å². The minimum Gasteiger partial charge on any atom is -0.191 e. The Morgan fingerprint density at radius 2 is 1.65 bits per heavy atom. The van der Waals surface area contributed by atoms with Crippen LogP contribution in [0.2, 0.25) is 0 Å². The molecule has 0 N–H and O–H groups in total. The van der Waals surface area contributed by atoms with Crippen LogP contribution >= 0.6 is 0 Å². The quantitative estimate of drug-likeness (QED) is 0.732. The largest absolute Gasteiger partial charge is 0.243 e. The van der Waals surface area contributed by atoms with Crippen molar-refractivity contribution < 1.29 is 4.57 Å². The van der Waals surface area contributed by atoms with Crippen LogP contribution < -0.4 is 4.57 Å². The SMILES string of the molecule is N#C[C@@H](CCc1ccccc1)[n+]1ccccc1. The van der Waals surface area contributed by atoms with E-state index in [9.17, 15) is 5.26 Å². The summed E-state index contributed by atoms with van der Waals surface area (Å²) in [6.07, 6.45) is 5.66. The summed E-state index contributed by atoms with van der Waals surface area (Å²) >= 11 is 0. The van der Waals surface area contributed by atoms with E-state index in [-0.39, 0.29) is 6.04 Å². The van der Waals surface area contributed by atoms with Gasteiger partial charge in [-0.3, -0.25) is 0 Å². The lowest BCUT2D eigenvalue weighted by molar-refractivity contribution is -0.710. The van der Waals surface area contributed by atoms with Crippen molar-refractivity contribution in [2.45, 2.75) is 18.9 Å². The number of rotatable bonds is 4. The summed E-state index contributed by atoms with van der Waals surface area (Å²) in [5.41, 5.74) is 1.28. The molecule has 0 saturated heterocycles. The molecule has 2 rings (SSSR count). The predicted octanol–water partition coefficient (Wildman–Crippen LogP) is 2.67. The summed E-state index contributed by atoms with van der Waals surface area (Å²) in [4.78, 5) is 0. The third kappa shape index (κ3) is 3.15. The number of nitriles is 1. The van der Waals surface area contributed by atoms with Crippen LogP contribution in [0.15, 0.2) is 60.9 Å². The molecule has 1 heterocycles. The fourth-order valence-electron chi connectivity index (χ4n) is 1.85. The summed E-state index contributed by atoms with van der Waals surface area (Å²) in [7, 11) is 0.